The van der Waals surface area contributed by atoms with Crippen molar-refractivity contribution in [1.82, 2.24) is 5.32 Å². The molecule has 0 heterocycles. The molecule has 0 amide bonds. The fourth-order valence-electron chi connectivity index (χ4n) is 1.39. The van der Waals surface area contributed by atoms with Gasteiger partial charge in [-0.1, -0.05) is 20.8 Å². The van der Waals surface area contributed by atoms with Crippen molar-refractivity contribution >= 4 is 0 Å². The van der Waals surface area contributed by atoms with Gasteiger partial charge in [-0.25, -0.2) is 0 Å². The van der Waals surface area contributed by atoms with Gasteiger partial charge in [0, 0.05) is 6.61 Å². The molecule has 0 saturated carbocycles. The van der Waals surface area contributed by atoms with E-state index >= 15 is 0 Å². The number of nitrogens with zero attached hydrogens (tertiary/aromatic N) is 1. The lowest BCUT2D eigenvalue weighted by Gasteiger charge is -2.22. The van der Waals surface area contributed by atoms with Gasteiger partial charge < -0.3 is 4.74 Å². The van der Waals surface area contributed by atoms with Crippen LogP contribution < -0.4 is 5.32 Å². The molecule has 3 nitrogen and oxygen atoms in total. The average Bonchev–Trinajstić information content (AvgIpc) is 2.25. The SMILES string of the molecule is CCCNC(C)(C#N)COCCCC(C)C. The second-order valence-electron chi connectivity index (χ2n) is 4.96. The van der Waals surface area contributed by atoms with Gasteiger partial charge in [0.2, 0.25) is 0 Å². The second kappa shape index (κ2) is 8.55. The van der Waals surface area contributed by atoms with Crippen LogP contribution in [0.25, 0.3) is 0 Å². The molecule has 0 aliphatic rings. The predicted octanol–water partition coefficient (Wildman–Crippen LogP) is 2.72. The largest absolute Gasteiger partial charge is 0.378 e. The lowest BCUT2D eigenvalue weighted by Crippen LogP contribution is -2.45. The van der Waals surface area contributed by atoms with Gasteiger partial charge in [0.25, 0.3) is 0 Å². The Hall–Kier alpha value is -0.590. The van der Waals surface area contributed by atoms with Crippen LogP contribution in [-0.2, 0) is 4.74 Å². The molecule has 3 heteroatoms. The minimum atomic E-state index is -0.534. The van der Waals surface area contributed by atoms with E-state index in [-0.39, 0.29) is 0 Å². The van der Waals surface area contributed by atoms with Gasteiger partial charge in [0.05, 0.1) is 12.7 Å². The van der Waals surface area contributed by atoms with Crippen molar-refractivity contribution in [2.24, 2.45) is 5.92 Å². The number of rotatable bonds is 9. The molecule has 0 rings (SSSR count). The highest BCUT2D eigenvalue weighted by Gasteiger charge is 2.22. The zero-order valence-electron chi connectivity index (χ0n) is 11.2. The minimum Gasteiger partial charge on any atom is -0.378 e. The first-order valence-electron chi connectivity index (χ1n) is 6.28. The van der Waals surface area contributed by atoms with E-state index in [4.69, 9.17) is 10.00 Å². The molecule has 0 radical (unpaired) electrons. The number of nitrogens with one attached hydrogen (secondary N) is 1. The summed E-state index contributed by atoms with van der Waals surface area (Å²) in [7, 11) is 0. The Kier molecular flexibility index (Phi) is 8.23. The van der Waals surface area contributed by atoms with Crippen molar-refractivity contribution in [2.75, 3.05) is 19.8 Å². The summed E-state index contributed by atoms with van der Waals surface area (Å²) in [5.74, 6) is 0.726. The molecule has 0 saturated heterocycles. The Bertz CT molecular complexity index is 210. The summed E-state index contributed by atoms with van der Waals surface area (Å²) in [5, 5.41) is 12.3. The molecular formula is C13H26N2O. The molecule has 1 N–H and O–H groups in total. The van der Waals surface area contributed by atoms with Crippen LogP contribution >= 0.6 is 0 Å². The molecule has 1 unspecified atom stereocenters. The van der Waals surface area contributed by atoms with Crippen LogP contribution in [0, 0.1) is 17.2 Å². The predicted molar refractivity (Wildman–Crippen MR) is 67.2 cm³/mol. The van der Waals surface area contributed by atoms with Crippen LogP contribution in [0.3, 0.4) is 0 Å². The monoisotopic (exact) mass is 226 g/mol. The molecule has 0 aliphatic carbocycles. The van der Waals surface area contributed by atoms with E-state index in [0.717, 1.165) is 31.9 Å². The summed E-state index contributed by atoms with van der Waals surface area (Å²) in [6.45, 7) is 10.5. The first-order chi connectivity index (χ1) is 7.54. The molecule has 16 heavy (non-hydrogen) atoms. The van der Waals surface area contributed by atoms with E-state index in [9.17, 15) is 0 Å². The molecule has 0 aromatic rings. The van der Waals surface area contributed by atoms with Gasteiger partial charge in [-0.05, 0) is 38.6 Å². The molecule has 0 bridgehead atoms. The van der Waals surface area contributed by atoms with Crippen LogP contribution in [0.4, 0.5) is 0 Å². The smallest absolute Gasteiger partial charge is 0.127 e. The third kappa shape index (κ3) is 7.67. The van der Waals surface area contributed by atoms with Crippen LogP contribution in [0.5, 0.6) is 0 Å². The molecule has 0 aromatic heterocycles. The standard InChI is InChI=1S/C13H26N2O/c1-5-8-15-13(4,10-14)11-16-9-6-7-12(2)3/h12,15H,5-9,11H2,1-4H3. The normalized spacial score (nSPS) is 14.8. The highest BCUT2D eigenvalue weighted by Crippen LogP contribution is 2.06. The lowest BCUT2D eigenvalue weighted by molar-refractivity contribution is 0.0909. The number of nitriles is 1. The molecule has 0 aromatic carbocycles. The Morgan fingerprint density at radius 1 is 1.44 bits per heavy atom. The maximum atomic E-state index is 9.06. The summed E-state index contributed by atoms with van der Waals surface area (Å²) in [6, 6.07) is 2.28. The summed E-state index contributed by atoms with van der Waals surface area (Å²) < 4.78 is 5.55. The zero-order valence-corrected chi connectivity index (χ0v) is 11.2. The van der Waals surface area contributed by atoms with E-state index in [1.807, 2.05) is 6.92 Å². The number of ether oxygens (including phenoxy) is 1. The maximum Gasteiger partial charge on any atom is 0.127 e. The Balaban J connectivity index is 3.66. The van der Waals surface area contributed by atoms with Gasteiger partial charge in [-0.3, -0.25) is 5.32 Å². The second-order valence-corrected chi connectivity index (χ2v) is 4.96. The highest BCUT2D eigenvalue weighted by atomic mass is 16.5. The van der Waals surface area contributed by atoms with Crippen LogP contribution in [0.2, 0.25) is 0 Å². The van der Waals surface area contributed by atoms with E-state index < -0.39 is 5.54 Å². The first kappa shape index (κ1) is 15.4. The first-order valence-corrected chi connectivity index (χ1v) is 6.28. The Labute approximate surface area is 100 Å². The quantitative estimate of drug-likeness (QED) is 0.615. The lowest BCUT2D eigenvalue weighted by atomic mass is 10.1. The van der Waals surface area contributed by atoms with Crippen molar-refractivity contribution in [2.45, 2.75) is 52.5 Å². The molecule has 0 aliphatic heterocycles. The van der Waals surface area contributed by atoms with Crippen molar-refractivity contribution < 1.29 is 4.74 Å². The van der Waals surface area contributed by atoms with Crippen molar-refractivity contribution in [3.8, 4) is 6.07 Å². The van der Waals surface area contributed by atoms with Gasteiger partial charge in [-0.15, -0.1) is 0 Å². The third-order valence-corrected chi connectivity index (χ3v) is 2.47. The molecule has 1 atom stereocenters. The number of hydrogen-bond acceptors (Lipinski definition) is 3. The van der Waals surface area contributed by atoms with Crippen LogP contribution in [0.15, 0.2) is 0 Å². The summed E-state index contributed by atoms with van der Waals surface area (Å²) in [5.41, 5.74) is -0.534. The highest BCUT2D eigenvalue weighted by molar-refractivity contribution is 5.03. The zero-order chi connectivity index (χ0) is 12.4. The van der Waals surface area contributed by atoms with E-state index in [2.05, 4.69) is 32.2 Å². The Morgan fingerprint density at radius 2 is 2.12 bits per heavy atom. The van der Waals surface area contributed by atoms with E-state index in [1.54, 1.807) is 0 Å². The van der Waals surface area contributed by atoms with E-state index in [1.165, 1.54) is 6.42 Å². The van der Waals surface area contributed by atoms with Gasteiger partial charge >= 0.3 is 0 Å². The van der Waals surface area contributed by atoms with Crippen LogP contribution in [-0.4, -0.2) is 25.3 Å². The van der Waals surface area contributed by atoms with Gasteiger partial charge in [0.15, 0.2) is 0 Å². The third-order valence-electron chi connectivity index (χ3n) is 2.47. The summed E-state index contributed by atoms with van der Waals surface area (Å²) in [4.78, 5) is 0. The van der Waals surface area contributed by atoms with Crippen molar-refractivity contribution in [1.29, 1.82) is 5.26 Å². The number of hydrogen-bond donors (Lipinski definition) is 1. The average molecular weight is 226 g/mol. The van der Waals surface area contributed by atoms with Crippen molar-refractivity contribution in [3.05, 3.63) is 0 Å². The molecule has 94 valence electrons. The fraction of sp³-hybridized carbons (Fsp3) is 0.923. The maximum absolute atomic E-state index is 9.06. The van der Waals surface area contributed by atoms with Crippen LogP contribution in [0.1, 0.15) is 47.0 Å². The minimum absolute atomic E-state index is 0.474. The summed E-state index contributed by atoms with van der Waals surface area (Å²) >= 11 is 0. The Morgan fingerprint density at radius 3 is 2.62 bits per heavy atom. The molecular weight excluding hydrogens is 200 g/mol. The van der Waals surface area contributed by atoms with Gasteiger partial charge in [-0.2, -0.15) is 5.26 Å². The topological polar surface area (TPSA) is 45.0 Å². The molecule has 0 spiro atoms. The van der Waals surface area contributed by atoms with E-state index in [0.29, 0.717) is 6.61 Å². The van der Waals surface area contributed by atoms with Gasteiger partial charge in [0.1, 0.15) is 5.54 Å². The molecule has 0 fully saturated rings. The van der Waals surface area contributed by atoms with Crippen molar-refractivity contribution in [3.63, 3.8) is 0 Å². The summed E-state index contributed by atoms with van der Waals surface area (Å²) in [6.07, 6.45) is 3.29. The fourth-order valence-corrected chi connectivity index (χ4v) is 1.39.